The lowest BCUT2D eigenvalue weighted by atomic mass is 10.3. The molecule has 0 aliphatic carbocycles. The Hall–Kier alpha value is -1.74. The summed E-state index contributed by atoms with van der Waals surface area (Å²) in [7, 11) is 0. The Morgan fingerprint density at radius 3 is 2.74 bits per heavy atom. The van der Waals surface area contributed by atoms with Crippen LogP contribution in [-0.2, 0) is 0 Å². The summed E-state index contributed by atoms with van der Waals surface area (Å²) in [4.78, 5) is 27.8. The van der Waals surface area contributed by atoms with Crippen molar-refractivity contribution < 1.29 is 9.66 Å². The van der Waals surface area contributed by atoms with E-state index in [0.29, 0.717) is 0 Å². The highest BCUT2D eigenvalue weighted by molar-refractivity contribution is 9.11. The van der Waals surface area contributed by atoms with E-state index >= 15 is 0 Å². The van der Waals surface area contributed by atoms with Crippen LogP contribution in [-0.4, -0.2) is 14.9 Å². The minimum atomic E-state index is -0.544. The molecule has 0 radical (unpaired) electrons. The fourth-order valence-electron chi connectivity index (χ4n) is 1.26. The van der Waals surface area contributed by atoms with Gasteiger partial charge in [0.05, 0.1) is 11.3 Å². The second kappa shape index (κ2) is 5.49. The van der Waals surface area contributed by atoms with Crippen molar-refractivity contribution in [3.05, 3.63) is 53.9 Å². The van der Waals surface area contributed by atoms with E-state index in [-0.39, 0.29) is 26.3 Å². The van der Waals surface area contributed by atoms with Crippen LogP contribution >= 0.6 is 31.9 Å². The Labute approximate surface area is 123 Å². The molecule has 0 aliphatic rings. The second-order valence-electron chi connectivity index (χ2n) is 3.30. The Morgan fingerprint density at radius 2 is 2.05 bits per heavy atom. The number of nitro benzene ring substituents is 1. The van der Waals surface area contributed by atoms with E-state index in [9.17, 15) is 14.9 Å². The Balaban J connectivity index is 2.44. The van der Waals surface area contributed by atoms with Gasteiger partial charge in [-0.25, -0.2) is 4.98 Å². The number of nitro groups is 1. The maximum Gasteiger partial charge on any atom is 0.287 e. The highest BCUT2D eigenvalue weighted by Crippen LogP contribution is 2.36. The van der Waals surface area contributed by atoms with Crippen LogP contribution in [0.3, 0.4) is 0 Å². The van der Waals surface area contributed by atoms with Gasteiger partial charge in [-0.1, -0.05) is 6.07 Å². The van der Waals surface area contributed by atoms with E-state index in [0.717, 1.165) is 0 Å². The van der Waals surface area contributed by atoms with Gasteiger partial charge in [0.2, 0.25) is 5.88 Å². The topological polar surface area (TPSA) is 98.1 Å². The predicted molar refractivity (Wildman–Crippen MR) is 73.4 cm³/mol. The largest absolute Gasteiger partial charge is 0.436 e. The van der Waals surface area contributed by atoms with Gasteiger partial charge in [0.15, 0.2) is 5.75 Å². The normalized spacial score (nSPS) is 10.2. The molecule has 0 unspecified atom stereocenters. The molecule has 2 aromatic rings. The molecule has 2 rings (SSSR count). The van der Waals surface area contributed by atoms with Crippen LogP contribution in [0.15, 0.2) is 38.3 Å². The fourth-order valence-corrected chi connectivity index (χ4v) is 2.05. The minimum Gasteiger partial charge on any atom is -0.436 e. The lowest BCUT2D eigenvalue weighted by Crippen LogP contribution is -2.08. The van der Waals surface area contributed by atoms with Crippen molar-refractivity contribution in [2.45, 2.75) is 0 Å². The summed E-state index contributed by atoms with van der Waals surface area (Å²) < 4.78 is 5.66. The summed E-state index contributed by atoms with van der Waals surface area (Å²) in [6.45, 7) is 0. The molecule has 0 bridgehead atoms. The molecule has 7 nitrogen and oxygen atoms in total. The first-order valence-corrected chi connectivity index (χ1v) is 6.43. The van der Waals surface area contributed by atoms with Gasteiger partial charge >= 0.3 is 0 Å². The third-order valence-corrected chi connectivity index (χ3v) is 3.61. The number of nitrogens with zero attached hydrogens (tertiary/aromatic N) is 2. The monoisotopic (exact) mass is 389 g/mol. The van der Waals surface area contributed by atoms with Gasteiger partial charge in [-0.2, -0.15) is 0 Å². The van der Waals surface area contributed by atoms with Gasteiger partial charge in [0, 0.05) is 6.07 Å². The lowest BCUT2D eigenvalue weighted by molar-refractivity contribution is -0.385. The molecular weight excluding hydrogens is 386 g/mol. The van der Waals surface area contributed by atoms with Gasteiger partial charge < -0.3 is 9.72 Å². The van der Waals surface area contributed by atoms with Crippen molar-refractivity contribution >= 4 is 37.5 Å². The van der Waals surface area contributed by atoms with E-state index < -0.39 is 10.5 Å². The number of halogens is 2. The van der Waals surface area contributed by atoms with Crippen LogP contribution in [0.4, 0.5) is 5.69 Å². The average Bonchev–Trinajstić information content (AvgIpc) is 2.37. The van der Waals surface area contributed by atoms with Crippen LogP contribution < -0.4 is 10.3 Å². The molecule has 1 aromatic carbocycles. The van der Waals surface area contributed by atoms with E-state index in [1.165, 1.54) is 24.5 Å². The highest BCUT2D eigenvalue weighted by Gasteiger charge is 2.18. The number of nitrogens with one attached hydrogen (secondary N) is 1. The number of hydrogen-bond acceptors (Lipinski definition) is 5. The SMILES string of the molecule is O=c1[nH]cnc(Oc2cccc([N+](=O)[O-])c2Br)c1Br. The molecule has 1 aromatic heterocycles. The maximum absolute atomic E-state index is 11.3. The second-order valence-corrected chi connectivity index (χ2v) is 4.89. The molecular formula is C10H5Br2N3O4. The molecule has 1 heterocycles. The summed E-state index contributed by atoms with van der Waals surface area (Å²) >= 11 is 6.12. The predicted octanol–water partition coefficient (Wildman–Crippen LogP) is 3.00. The average molecular weight is 391 g/mol. The van der Waals surface area contributed by atoms with Gasteiger partial charge in [-0.3, -0.25) is 14.9 Å². The minimum absolute atomic E-state index is 0.0185. The first-order chi connectivity index (χ1) is 9.00. The summed E-state index contributed by atoms with van der Waals surface area (Å²) in [6.07, 6.45) is 1.17. The molecule has 1 N–H and O–H groups in total. The van der Waals surface area contributed by atoms with Crippen molar-refractivity contribution in [1.82, 2.24) is 9.97 Å². The zero-order chi connectivity index (χ0) is 14.0. The zero-order valence-corrected chi connectivity index (χ0v) is 12.3. The van der Waals surface area contributed by atoms with E-state index in [2.05, 4.69) is 41.8 Å². The van der Waals surface area contributed by atoms with E-state index in [4.69, 9.17) is 4.74 Å². The number of ether oxygens (including phenoxy) is 1. The Morgan fingerprint density at radius 1 is 1.32 bits per heavy atom. The number of aromatic amines is 1. The fraction of sp³-hybridized carbons (Fsp3) is 0. The molecule has 0 atom stereocenters. The molecule has 0 spiro atoms. The van der Waals surface area contributed by atoms with Crippen LogP contribution in [0, 0.1) is 10.1 Å². The first-order valence-electron chi connectivity index (χ1n) is 4.84. The maximum atomic E-state index is 11.3. The number of benzene rings is 1. The highest BCUT2D eigenvalue weighted by atomic mass is 79.9. The van der Waals surface area contributed by atoms with E-state index in [1.54, 1.807) is 0 Å². The molecule has 0 amide bonds. The van der Waals surface area contributed by atoms with Crippen molar-refractivity contribution in [1.29, 1.82) is 0 Å². The van der Waals surface area contributed by atoms with Crippen molar-refractivity contribution in [3.8, 4) is 11.6 Å². The molecule has 9 heteroatoms. The zero-order valence-electron chi connectivity index (χ0n) is 9.09. The lowest BCUT2D eigenvalue weighted by Gasteiger charge is -2.07. The summed E-state index contributed by atoms with van der Waals surface area (Å²) in [5.41, 5.74) is -0.551. The van der Waals surface area contributed by atoms with Crippen LogP contribution in [0.2, 0.25) is 0 Å². The Kier molecular flexibility index (Phi) is 3.96. The molecule has 19 heavy (non-hydrogen) atoms. The summed E-state index contributed by atoms with van der Waals surface area (Å²) in [5.74, 6) is 0.206. The molecule has 0 saturated carbocycles. The van der Waals surface area contributed by atoms with Gasteiger partial charge in [0.1, 0.15) is 8.95 Å². The quantitative estimate of drug-likeness (QED) is 0.641. The molecule has 0 fully saturated rings. The van der Waals surface area contributed by atoms with Crippen molar-refractivity contribution in [2.75, 3.05) is 0 Å². The Bertz CT molecular complexity index is 701. The van der Waals surface area contributed by atoms with Gasteiger partial charge in [0.25, 0.3) is 11.2 Å². The third-order valence-electron chi connectivity index (χ3n) is 2.11. The van der Waals surface area contributed by atoms with Crippen molar-refractivity contribution in [2.24, 2.45) is 0 Å². The summed E-state index contributed by atoms with van der Waals surface area (Å²) in [5, 5.41) is 10.8. The van der Waals surface area contributed by atoms with Crippen LogP contribution in [0.1, 0.15) is 0 Å². The number of rotatable bonds is 3. The van der Waals surface area contributed by atoms with Gasteiger partial charge in [-0.15, -0.1) is 0 Å². The molecule has 0 aliphatic heterocycles. The van der Waals surface area contributed by atoms with Gasteiger partial charge in [-0.05, 0) is 37.9 Å². The molecule has 0 saturated heterocycles. The number of hydrogen-bond donors (Lipinski definition) is 1. The van der Waals surface area contributed by atoms with Crippen molar-refractivity contribution in [3.63, 3.8) is 0 Å². The standard InChI is InChI=1S/C10H5Br2N3O4/c11-7-5(15(17)18)2-1-3-6(7)19-10-8(12)9(16)13-4-14-10/h1-4H,(H,13,14,16). The number of aromatic nitrogens is 2. The summed E-state index contributed by atoms with van der Waals surface area (Å²) in [6, 6.07) is 4.32. The first kappa shape index (κ1) is 13.7. The third kappa shape index (κ3) is 2.82. The van der Waals surface area contributed by atoms with Crippen LogP contribution in [0.5, 0.6) is 11.6 Å². The number of H-pyrrole nitrogens is 1. The van der Waals surface area contributed by atoms with Crippen LogP contribution in [0.25, 0.3) is 0 Å². The van der Waals surface area contributed by atoms with E-state index in [1.807, 2.05) is 0 Å². The molecule has 98 valence electrons. The smallest absolute Gasteiger partial charge is 0.287 e.